The smallest absolute Gasteiger partial charge is 0.266 e. The molecule has 2 aromatic carbocycles. The predicted octanol–water partition coefficient (Wildman–Crippen LogP) is 3.12. The Bertz CT molecular complexity index is 887. The lowest BCUT2D eigenvalue weighted by molar-refractivity contribution is -0.121. The molecular weight excluding hydrogens is 366 g/mol. The van der Waals surface area contributed by atoms with Crippen molar-refractivity contribution >= 4 is 41.5 Å². The van der Waals surface area contributed by atoms with Crippen LogP contribution in [0.5, 0.6) is 0 Å². The van der Waals surface area contributed by atoms with E-state index in [0.29, 0.717) is 35.3 Å². The number of anilines is 2. The first-order valence-electron chi connectivity index (χ1n) is 8.68. The van der Waals surface area contributed by atoms with Crippen molar-refractivity contribution in [2.45, 2.75) is 31.2 Å². The molecule has 1 saturated carbocycles. The number of hydrogen-bond donors (Lipinski definition) is 2. The highest BCUT2D eigenvalue weighted by Gasteiger charge is 2.38. The summed E-state index contributed by atoms with van der Waals surface area (Å²) in [5, 5.41) is 2.83. The Morgan fingerprint density at radius 3 is 2.15 bits per heavy atom. The summed E-state index contributed by atoms with van der Waals surface area (Å²) in [7, 11) is 0. The van der Waals surface area contributed by atoms with Crippen LogP contribution in [0.15, 0.2) is 48.5 Å². The van der Waals surface area contributed by atoms with Crippen LogP contribution < -0.4 is 16.0 Å². The van der Waals surface area contributed by atoms with Gasteiger partial charge in [0.1, 0.15) is 0 Å². The van der Waals surface area contributed by atoms with Gasteiger partial charge < -0.3 is 11.1 Å². The normalized spacial score (nSPS) is 17.4. The molecule has 0 bridgehead atoms. The average molecular weight is 386 g/mol. The number of benzene rings is 2. The zero-order chi connectivity index (χ0) is 18.3. The number of nitrogens with two attached hydrogens (primary N) is 1. The maximum absolute atomic E-state index is 12.6. The van der Waals surface area contributed by atoms with Crippen LogP contribution in [-0.2, 0) is 4.79 Å². The predicted molar refractivity (Wildman–Crippen MR) is 105 cm³/mol. The van der Waals surface area contributed by atoms with E-state index in [4.69, 9.17) is 5.73 Å². The maximum atomic E-state index is 12.6. The quantitative estimate of drug-likeness (QED) is 0.794. The molecule has 4 rings (SSSR count). The fourth-order valence-electron chi connectivity index (χ4n) is 3.64. The first-order valence-corrected chi connectivity index (χ1v) is 8.68. The lowest BCUT2D eigenvalue weighted by Crippen LogP contribution is -2.48. The molecule has 3 N–H and O–H groups in total. The number of carbonyl (C=O) groups excluding carboxylic acids is 3. The van der Waals surface area contributed by atoms with Crippen LogP contribution in [-0.4, -0.2) is 23.3 Å². The van der Waals surface area contributed by atoms with Gasteiger partial charge in [0.05, 0.1) is 22.4 Å². The summed E-state index contributed by atoms with van der Waals surface area (Å²) in [5.74, 6) is -0.949. The minimum absolute atomic E-state index is 0. The van der Waals surface area contributed by atoms with E-state index in [2.05, 4.69) is 5.32 Å². The van der Waals surface area contributed by atoms with E-state index in [1.807, 2.05) is 0 Å². The standard InChI is InChI=1S/C20H19N3O3.ClH/c21-20(10-3-4-11-20)19(26)22-13-6-5-7-14(12-13)23-17(24)15-8-1-2-9-16(15)18(23)25;/h1-2,5-9,12H,3-4,10-11,21H2,(H,22,26);1H. The van der Waals surface area contributed by atoms with Crippen LogP contribution in [0.2, 0.25) is 0 Å². The number of nitrogens with one attached hydrogen (secondary N) is 1. The van der Waals surface area contributed by atoms with Crippen molar-refractivity contribution in [1.82, 2.24) is 0 Å². The molecule has 1 heterocycles. The molecule has 0 radical (unpaired) electrons. The van der Waals surface area contributed by atoms with E-state index in [1.54, 1.807) is 48.5 Å². The molecule has 0 spiro atoms. The molecule has 27 heavy (non-hydrogen) atoms. The van der Waals surface area contributed by atoms with Crippen molar-refractivity contribution < 1.29 is 14.4 Å². The number of halogens is 1. The largest absolute Gasteiger partial charge is 0.324 e. The number of imide groups is 1. The fraction of sp³-hybridized carbons (Fsp3) is 0.250. The highest BCUT2D eigenvalue weighted by Crippen LogP contribution is 2.31. The van der Waals surface area contributed by atoms with Crippen LogP contribution in [0, 0.1) is 0 Å². The summed E-state index contributed by atoms with van der Waals surface area (Å²) >= 11 is 0. The van der Waals surface area contributed by atoms with Crippen LogP contribution in [0.3, 0.4) is 0 Å². The second kappa shape index (κ2) is 7.13. The topological polar surface area (TPSA) is 92.5 Å². The van der Waals surface area contributed by atoms with Crippen molar-refractivity contribution in [3.63, 3.8) is 0 Å². The number of nitrogens with zero attached hydrogens (tertiary/aromatic N) is 1. The average Bonchev–Trinajstić information content (AvgIpc) is 3.19. The Balaban J connectivity index is 0.00000210. The number of hydrogen-bond acceptors (Lipinski definition) is 4. The first kappa shape index (κ1) is 19.1. The highest BCUT2D eigenvalue weighted by atomic mass is 35.5. The third-order valence-electron chi connectivity index (χ3n) is 5.10. The Morgan fingerprint density at radius 1 is 0.963 bits per heavy atom. The van der Waals surface area contributed by atoms with Gasteiger partial charge in [-0.2, -0.15) is 0 Å². The van der Waals surface area contributed by atoms with E-state index < -0.39 is 5.54 Å². The summed E-state index contributed by atoms with van der Waals surface area (Å²) in [5.41, 5.74) is 7.05. The second-order valence-electron chi connectivity index (χ2n) is 6.86. The van der Waals surface area contributed by atoms with Crippen molar-refractivity contribution in [2.75, 3.05) is 10.2 Å². The van der Waals surface area contributed by atoms with Gasteiger partial charge in [-0.25, -0.2) is 4.90 Å². The molecule has 2 aromatic rings. The van der Waals surface area contributed by atoms with Gasteiger partial charge in [0.15, 0.2) is 0 Å². The third-order valence-corrected chi connectivity index (χ3v) is 5.10. The number of carbonyl (C=O) groups is 3. The Morgan fingerprint density at radius 2 is 1.56 bits per heavy atom. The molecule has 0 atom stereocenters. The number of amides is 3. The van der Waals surface area contributed by atoms with Gasteiger partial charge in [-0.15, -0.1) is 12.4 Å². The molecule has 1 aliphatic carbocycles. The van der Waals surface area contributed by atoms with Gasteiger partial charge in [0.2, 0.25) is 5.91 Å². The molecule has 140 valence electrons. The summed E-state index contributed by atoms with van der Waals surface area (Å²) < 4.78 is 0. The van der Waals surface area contributed by atoms with E-state index in [0.717, 1.165) is 17.7 Å². The first-order chi connectivity index (χ1) is 12.5. The monoisotopic (exact) mass is 385 g/mol. The molecule has 1 fully saturated rings. The summed E-state index contributed by atoms with van der Waals surface area (Å²) in [6, 6.07) is 13.4. The van der Waals surface area contributed by atoms with Gasteiger partial charge in [-0.3, -0.25) is 14.4 Å². The molecule has 0 saturated heterocycles. The van der Waals surface area contributed by atoms with Crippen molar-refractivity contribution in [3.05, 3.63) is 59.7 Å². The summed E-state index contributed by atoms with van der Waals surface area (Å²) in [6.07, 6.45) is 3.21. The van der Waals surface area contributed by atoms with E-state index >= 15 is 0 Å². The van der Waals surface area contributed by atoms with Crippen LogP contribution in [0.4, 0.5) is 11.4 Å². The third kappa shape index (κ3) is 3.22. The minimum atomic E-state index is -0.842. The lowest BCUT2D eigenvalue weighted by atomic mass is 9.98. The van der Waals surface area contributed by atoms with Crippen molar-refractivity contribution in [3.8, 4) is 0 Å². The minimum Gasteiger partial charge on any atom is -0.324 e. The molecule has 3 amide bonds. The van der Waals surface area contributed by atoms with Crippen LogP contribution in [0.1, 0.15) is 46.4 Å². The number of fused-ring (bicyclic) bond motifs is 1. The van der Waals surface area contributed by atoms with Gasteiger partial charge >= 0.3 is 0 Å². The van der Waals surface area contributed by atoms with Crippen molar-refractivity contribution in [2.24, 2.45) is 5.73 Å². The van der Waals surface area contributed by atoms with Gasteiger partial charge in [-0.05, 0) is 43.2 Å². The highest BCUT2D eigenvalue weighted by molar-refractivity contribution is 6.34. The SMILES string of the molecule is Cl.NC1(C(=O)Nc2cccc(N3C(=O)c4ccccc4C3=O)c2)CCCC1. The molecule has 0 unspecified atom stereocenters. The van der Waals surface area contributed by atoms with Gasteiger partial charge in [-0.1, -0.05) is 31.0 Å². The van der Waals surface area contributed by atoms with E-state index in [-0.39, 0.29) is 30.1 Å². The molecule has 7 heteroatoms. The Kier molecular flexibility index (Phi) is 5.04. The van der Waals surface area contributed by atoms with E-state index in [9.17, 15) is 14.4 Å². The Hall–Kier alpha value is -2.70. The van der Waals surface area contributed by atoms with Gasteiger partial charge in [0.25, 0.3) is 11.8 Å². The molecular formula is C20H20ClN3O3. The summed E-state index contributed by atoms with van der Waals surface area (Å²) in [6.45, 7) is 0. The maximum Gasteiger partial charge on any atom is 0.266 e. The van der Waals surface area contributed by atoms with Crippen LogP contribution >= 0.6 is 12.4 Å². The van der Waals surface area contributed by atoms with Gasteiger partial charge in [0, 0.05) is 5.69 Å². The summed E-state index contributed by atoms with van der Waals surface area (Å²) in [4.78, 5) is 38.8. The zero-order valence-electron chi connectivity index (χ0n) is 14.6. The number of rotatable bonds is 3. The van der Waals surface area contributed by atoms with Crippen LogP contribution in [0.25, 0.3) is 0 Å². The molecule has 1 aliphatic heterocycles. The fourth-order valence-corrected chi connectivity index (χ4v) is 3.64. The lowest BCUT2D eigenvalue weighted by Gasteiger charge is -2.23. The second-order valence-corrected chi connectivity index (χ2v) is 6.86. The molecule has 2 aliphatic rings. The Labute approximate surface area is 163 Å². The molecule has 6 nitrogen and oxygen atoms in total. The van der Waals surface area contributed by atoms with E-state index in [1.165, 1.54) is 0 Å². The molecule has 0 aromatic heterocycles. The zero-order valence-corrected chi connectivity index (χ0v) is 15.4. The van der Waals surface area contributed by atoms with Crippen molar-refractivity contribution in [1.29, 1.82) is 0 Å².